The predicted octanol–water partition coefficient (Wildman–Crippen LogP) is 2.85. The highest BCUT2D eigenvalue weighted by Crippen LogP contribution is 2.31. The molecule has 0 N–H and O–H groups in total. The van der Waals surface area contributed by atoms with Crippen molar-refractivity contribution in [1.29, 1.82) is 0 Å². The Balaban J connectivity index is 1.47. The summed E-state index contributed by atoms with van der Waals surface area (Å²) in [6.45, 7) is 4.60. The van der Waals surface area contributed by atoms with E-state index in [1.807, 2.05) is 29.1 Å². The van der Waals surface area contributed by atoms with Gasteiger partial charge in [-0.15, -0.1) is 0 Å². The van der Waals surface area contributed by atoms with E-state index in [2.05, 4.69) is 28.0 Å². The van der Waals surface area contributed by atoms with Crippen molar-refractivity contribution >= 4 is 5.91 Å². The predicted molar refractivity (Wildman–Crippen MR) is 97.4 cm³/mol. The lowest BCUT2D eigenvalue weighted by molar-refractivity contribution is -0.130. The van der Waals surface area contributed by atoms with Gasteiger partial charge >= 0.3 is 0 Å². The summed E-state index contributed by atoms with van der Waals surface area (Å²) in [6.07, 6.45) is 6.71. The molecule has 0 unspecified atom stereocenters. The van der Waals surface area contributed by atoms with Crippen LogP contribution in [0, 0.1) is 0 Å². The van der Waals surface area contributed by atoms with Crippen molar-refractivity contribution in [2.75, 3.05) is 13.1 Å². The smallest absolute Gasteiger partial charge is 0.219 e. The van der Waals surface area contributed by atoms with E-state index in [-0.39, 0.29) is 5.91 Å². The van der Waals surface area contributed by atoms with Crippen molar-refractivity contribution in [2.24, 2.45) is 0 Å². The van der Waals surface area contributed by atoms with Crippen molar-refractivity contribution in [3.8, 4) is 5.69 Å². The highest BCUT2D eigenvalue weighted by molar-refractivity contribution is 5.74. The van der Waals surface area contributed by atoms with E-state index >= 15 is 0 Å². The van der Waals surface area contributed by atoms with Gasteiger partial charge in [-0.05, 0) is 50.4 Å². The van der Waals surface area contributed by atoms with Crippen molar-refractivity contribution in [3.05, 3.63) is 48.3 Å². The Morgan fingerprint density at radius 1 is 1.08 bits per heavy atom. The van der Waals surface area contributed by atoms with Crippen LogP contribution in [0.25, 0.3) is 5.69 Å². The van der Waals surface area contributed by atoms with Gasteiger partial charge in [0.2, 0.25) is 5.91 Å². The van der Waals surface area contributed by atoms with Gasteiger partial charge in [0, 0.05) is 38.3 Å². The Morgan fingerprint density at radius 3 is 2.64 bits per heavy atom. The Labute approximate surface area is 149 Å². The molecule has 3 heterocycles. The van der Waals surface area contributed by atoms with Crippen LogP contribution in [0.5, 0.6) is 0 Å². The van der Waals surface area contributed by atoms with E-state index in [4.69, 9.17) is 5.10 Å². The van der Waals surface area contributed by atoms with Gasteiger partial charge in [0.05, 0.1) is 11.4 Å². The van der Waals surface area contributed by atoms with Crippen LogP contribution >= 0.6 is 0 Å². The van der Waals surface area contributed by atoms with Crippen molar-refractivity contribution in [3.63, 3.8) is 0 Å². The van der Waals surface area contributed by atoms with Gasteiger partial charge in [0.15, 0.2) is 0 Å². The second-order valence-corrected chi connectivity index (χ2v) is 7.19. The van der Waals surface area contributed by atoms with E-state index in [0.717, 1.165) is 43.9 Å². The summed E-state index contributed by atoms with van der Waals surface area (Å²) in [6, 6.07) is 13.2. The fourth-order valence-corrected chi connectivity index (χ4v) is 4.45. The lowest BCUT2D eigenvalue weighted by atomic mass is 10.0. The van der Waals surface area contributed by atoms with E-state index in [0.29, 0.717) is 12.1 Å². The normalized spacial score (nSPS) is 24.1. The monoisotopic (exact) mass is 338 g/mol. The third-order valence-corrected chi connectivity index (χ3v) is 5.59. The first-order chi connectivity index (χ1) is 12.2. The van der Waals surface area contributed by atoms with Gasteiger partial charge < -0.3 is 4.90 Å². The standard InChI is InChI=1S/C20H26N4O/c1-16(25)23-13-6-10-20(23)19-9-5-12-22(19)15-17-11-14-24(21-17)18-7-3-2-4-8-18/h2-4,7-8,11,14,19-20H,5-6,9-10,12-13,15H2,1H3/t19-,20+/m0/s1. The zero-order valence-corrected chi connectivity index (χ0v) is 14.8. The molecule has 1 aromatic heterocycles. The molecule has 4 rings (SSSR count). The van der Waals surface area contributed by atoms with Crippen molar-refractivity contribution in [2.45, 2.75) is 51.2 Å². The zero-order valence-electron chi connectivity index (χ0n) is 14.8. The highest BCUT2D eigenvalue weighted by atomic mass is 16.2. The fraction of sp³-hybridized carbons (Fsp3) is 0.500. The molecule has 2 aromatic rings. The highest BCUT2D eigenvalue weighted by Gasteiger charge is 2.38. The summed E-state index contributed by atoms with van der Waals surface area (Å²) in [4.78, 5) is 16.6. The van der Waals surface area contributed by atoms with Crippen LogP contribution in [0.2, 0.25) is 0 Å². The molecule has 2 atom stereocenters. The third kappa shape index (κ3) is 3.33. The van der Waals surface area contributed by atoms with Crippen LogP contribution < -0.4 is 0 Å². The molecule has 2 aliphatic rings. The van der Waals surface area contributed by atoms with E-state index < -0.39 is 0 Å². The lowest BCUT2D eigenvalue weighted by Crippen LogP contribution is -2.47. The summed E-state index contributed by atoms with van der Waals surface area (Å²) in [5.74, 6) is 0.225. The second-order valence-electron chi connectivity index (χ2n) is 7.19. The first-order valence-corrected chi connectivity index (χ1v) is 9.33. The molecule has 2 fully saturated rings. The minimum absolute atomic E-state index is 0.225. The molecular weight excluding hydrogens is 312 g/mol. The summed E-state index contributed by atoms with van der Waals surface area (Å²) < 4.78 is 1.94. The third-order valence-electron chi connectivity index (χ3n) is 5.59. The van der Waals surface area contributed by atoms with Gasteiger partial charge in [-0.25, -0.2) is 4.68 Å². The van der Waals surface area contributed by atoms with Crippen LogP contribution in [0.15, 0.2) is 42.6 Å². The number of carbonyl (C=O) groups is 1. The summed E-state index contributed by atoms with van der Waals surface area (Å²) in [5.41, 5.74) is 2.19. The maximum atomic E-state index is 11.9. The largest absolute Gasteiger partial charge is 0.338 e. The van der Waals surface area contributed by atoms with Gasteiger partial charge in [-0.3, -0.25) is 9.69 Å². The van der Waals surface area contributed by atoms with Crippen LogP contribution in [0.4, 0.5) is 0 Å². The van der Waals surface area contributed by atoms with Gasteiger partial charge in [0.1, 0.15) is 0 Å². The molecule has 1 aromatic carbocycles. The van der Waals surface area contributed by atoms with Gasteiger partial charge in [0.25, 0.3) is 0 Å². The van der Waals surface area contributed by atoms with Crippen molar-refractivity contribution < 1.29 is 4.79 Å². The van der Waals surface area contributed by atoms with Crippen molar-refractivity contribution in [1.82, 2.24) is 19.6 Å². The number of benzene rings is 1. The number of hydrogen-bond donors (Lipinski definition) is 0. The maximum absolute atomic E-state index is 11.9. The first-order valence-electron chi connectivity index (χ1n) is 9.33. The quantitative estimate of drug-likeness (QED) is 0.861. The molecule has 0 aliphatic carbocycles. The second kappa shape index (κ2) is 7.00. The summed E-state index contributed by atoms with van der Waals surface area (Å²) in [7, 11) is 0. The van der Waals surface area contributed by atoms with Gasteiger partial charge in [-0.1, -0.05) is 18.2 Å². The zero-order chi connectivity index (χ0) is 17.2. The van der Waals surface area contributed by atoms with Crippen LogP contribution in [0.1, 0.15) is 38.3 Å². The van der Waals surface area contributed by atoms with E-state index in [9.17, 15) is 4.79 Å². The molecule has 0 saturated carbocycles. The Morgan fingerprint density at radius 2 is 1.84 bits per heavy atom. The Bertz CT molecular complexity index is 726. The molecule has 2 saturated heterocycles. The molecule has 0 spiro atoms. The molecule has 1 amide bonds. The van der Waals surface area contributed by atoms with Crippen LogP contribution in [-0.4, -0.2) is 50.7 Å². The molecule has 0 bridgehead atoms. The number of amides is 1. The number of hydrogen-bond acceptors (Lipinski definition) is 3. The number of likely N-dealkylation sites (tertiary alicyclic amines) is 2. The first kappa shape index (κ1) is 16.3. The molecule has 25 heavy (non-hydrogen) atoms. The fourth-order valence-electron chi connectivity index (χ4n) is 4.45. The Kier molecular flexibility index (Phi) is 4.57. The van der Waals surface area contributed by atoms with E-state index in [1.54, 1.807) is 6.92 Å². The minimum Gasteiger partial charge on any atom is -0.338 e. The summed E-state index contributed by atoms with van der Waals surface area (Å²) in [5, 5.41) is 4.75. The minimum atomic E-state index is 0.225. The molecule has 132 valence electrons. The molecule has 5 heteroatoms. The van der Waals surface area contributed by atoms with Gasteiger partial charge in [-0.2, -0.15) is 5.10 Å². The molecule has 5 nitrogen and oxygen atoms in total. The number of para-hydroxylation sites is 1. The summed E-state index contributed by atoms with van der Waals surface area (Å²) >= 11 is 0. The lowest BCUT2D eigenvalue weighted by Gasteiger charge is -2.34. The number of carbonyl (C=O) groups excluding carboxylic acids is 1. The topological polar surface area (TPSA) is 41.4 Å². The molecule has 0 radical (unpaired) electrons. The maximum Gasteiger partial charge on any atom is 0.219 e. The number of nitrogens with zero attached hydrogens (tertiary/aromatic N) is 4. The average molecular weight is 338 g/mol. The molecular formula is C20H26N4O. The van der Waals surface area contributed by atoms with E-state index in [1.165, 1.54) is 12.8 Å². The number of aromatic nitrogens is 2. The van der Waals surface area contributed by atoms with Crippen LogP contribution in [0.3, 0.4) is 0 Å². The SMILES string of the molecule is CC(=O)N1CCC[C@@H]1[C@@H]1CCCN1Cc1ccn(-c2ccccc2)n1. The average Bonchev–Trinajstić information content (AvgIpc) is 3.36. The Hall–Kier alpha value is -2.14. The van der Waals surface area contributed by atoms with Crippen LogP contribution in [-0.2, 0) is 11.3 Å². The molecule has 2 aliphatic heterocycles. The number of rotatable bonds is 4.